The monoisotopic (exact) mass is 522 g/mol. The van der Waals surface area contributed by atoms with Crippen molar-refractivity contribution in [2.45, 2.75) is 44.9 Å². The lowest BCUT2D eigenvalue weighted by Gasteiger charge is -2.32. The number of hydrogen-bond donors (Lipinski definition) is 0. The van der Waals surface area contributed by atoms with Gasteiger partial charge in [0.25, 0.3) is 0 Å². The van der Waals surface area contributed by atoms with E-state index in [-0.39, 0.29) is 6.03 Å². The van der Waals surface area contributed by atoms with E-state index in [1.54, 1.807) is 7.11 Å². The molecule has 38 heavy (non-hydrogen) atoms. The van der Waals surface area contributed by atoms with Crippen molar-refractivity contribution in [2.24, 2.45) is 0 Å². The highest BCUT2D eigenvalue weighted by atomic mass is 16.5. The number of amides is 2. The Hall–Kier alpha value is -2.77. The molecule has 0 aromatic heterocycles. The topological polar surface area (TPSA) is 48.5 Å². The molecular formula is C31H46N4O3. The Balaban J connectivity index is 1.40. The normalized spacial score (nSPS) is 16.0. The molecular weight excluding hydrogens is 476 g/mol. The molecule has 2 aromatic carbocycles. The molecule has 2 aromatic rings. The summed E-state index contributed by atoms with van der Waals surface area (Å²) in [5.41, 5.74) is 0.902. The fourth-order valence-corrected chi connectivity index (χ4v) is 5.48. The lowest BCUT2D eigenvalue weighted by molar-refractivity contribution is 0.194. The fraction of sp³-hybridized carbons (Fsp3) is 0.581. The highest BCUT2D eigenvalue weighted by Gasteiger charge is 2.23. The summed E-state index contributed by atoms with van der Waals surface area (Å²) in [4.78, 5) is 23.2. The smallest absolute Gasteiger partial charge is 0.324 e. The van der Waals surface area contributed by atoms with Gasteiger partial charge in [-0.1, -0.05) is 18.2 Å². The zero-order chi connectivity index (χ0) is 26.4. The Morgan fingerprint density at radius 2 is 1.32 bits per heavy atom. The van der Waals surface area contributed by atoms with Crippen LogP contribution in [0.3, 0.4) is 0 Å². The summed E-state index contributed by atoms with van der Waals surface area (Å²) in [5, 5.41) is 0. The van der Waals surface area contributed by atoms with Crippen LogP contribution in [0.25, 0.3) is 0 Å². The minimum Gasteiger partial charge on any atom is -0.497 e. The maximum Gasteiger partial charge on any atom is 0.324 e. The molecule has 208 valence electrons. The molecule has 7 heteroatoms. The minimum absolute atomic E-state index is 0.0951. The zero-order valence-corrected chi connectivity index (χ0v) is 23.2. The van der Waals surface area contributed by atoms with Gasteiger partial charge in [-0.15, -0.1) is 0 Å². The summed E-state index contributed by atoms with van der Waals surface area (Å²) in [6.45, 7) is 9.69. The van der Waals surface area contributed by atoms with Crippen LogP contribution >= 0.6 is 0 Å². The number of rotatable bonds is 15. The van der Waals surface area contributed by atoms with Crippen LogP contribution in [-0.2, 0) is 0 Å². The largest absolute Gasteiger partial charge is 0.497 e. The number of nitrogens with zero attached hydrogens (tertiary/aromatic N) is 4. The van der Waals surface area contributed by atoms with Crippen molar-refractivity contribution < 1.29 is 14.3 Å². The molecule has 0 spiro atoms. The number of benzene rings is 2. The first-order valence-corrected chi connectivity index (χ1v) is 14.6. The van der Waals surface area contributed by atoms with Crippen LogP contribution in [0.5, 0.6) is 11.5 Å². The Kier molecular flexibility index (Phi) is 11.6. The predicted molar refractivity (Wildman–Crippen MR) is 154 cm³/mol. The standard InChI is InChI=1S/C31H46N4O3/c1-37-29-16-14-28(15-17-29)35(26-11-27-38-30-12-3-2-4-13-30)31(36)34(24-9-22-32-18-5-6-19-32)25-10-23-33-20-7-8-21-33/h2-4,12-17H,5-11,18-27H2,1H3. The average Bonchev–Trinajstić information content (AvgIpc) is 3.67. The van der Waals surface area contributed by atoms with Crippen LogP contribution < -0.4 is 14.4 Å². The van der Waals surface area contributed by atoms with E-state index in [4.69, 9.17) is 9.47 Å². The van der Waals surface area contributed by atoms with E-state index in [0.717, 1.165) is 62.6 Å². The molecule has 0 N–H and O–H groups in total. The van der Waals surface area contributed by atoms with Crippen LogP contribution in [0.15, 0.2) is 54.6 Å². The average molecular weight is 523 g/mol. The second-order valence-electron chi connectivity index (χ2n) is 10.4. The summed E-state index contributed by atoms with van der Waals surface area (Å²) < 4.78 is 11.3. The van der Waals surface area contributed by atoms with E-state index in [1.165, 1.54) is 51.9 Å². The van der Waals surface area contributed by atoms with Crippen molar-refractivity contribution in [1.29, 1.82) is 0 Å². The first-order chi connectivity index (χ1) is 18.7. The van der Waals surface area contributed by atoms with Crippen LogP contribution in [-0.4, -0.2) is 93.4 Å². The SMILES string of the molecule is COc1ccc(N(CCCOc2ccccc2)C(=O)N(CCCN2CCCC2)CCCN2CCCC2)cc1. The molecule has 0 unspecified atom stereocenters. The van der Waals surface area contributed by atoms with Crippen LogP contribution in [0.4, 0.5) is 10.5 Å². The Morgan fingerprint density at radius 3 is 1.87 bits per heavy atom. The van der Waals surface area contributed by atoms with Gasteiger partial charge in [-0.2, -0.15) is 0 Å². The highest BCUT2D eigenvalue weighted by Crippen LogP contribution is 2.22. The quantitative estimate of drug-likeness (QED) is 0.295. The van der Waals surface area contributed by atoms with Gasteiger partial charge in [0.15, 0.2) is 0 Å². The molecule has 4 rings (SSSR count). The summed E-state index contributed by atoms with van der Waals surface area (Å²) >= 11 is 0. The molecule has 2 amide bonds. The van der Waals surface area contributed by atoms with E-state index in [0.29, 0.717) is 13.2 Å². The van der Waals surface area contributed by atoms with Gasteiger partial charge in [-0.3, -0.25) is 4.90 Å². The molecule has 0 atom stereocenters. The number of methoxy groups -OCH3 is 1. The van der Waals surface area contributed by atoms with Crippen molar-refractivity contribution >= 4 is 11.7 Å². The number of ether oxygens (including phenoxy) is 2. The maximum absolute atomic E-state index is 14.1. The van der Waals surface area contributed by atoms with Gasteiger partial charge < -0.3 is 24.2 Å². The number of carbonyl (C=O) groups excluding carboxylic acids is 1. The van der Waals surface area contributed by atoms with Crippen LogP contribution in [0.2, 0.25) is 0 Å². The number of likely N-dealkylation sites (tertiary alicyclic amines) is 2. The number of urea groups is 1. The van der Waals surface area contributed by atoms with E-state index in [9.17, 15) is 4.79 Å². The highest BCUT2D eigenvalue weighted by molar-refractivity contribution is 5.92. The molecule has 2 aliphatic heterocycles. The Morgan fingerprint density at radius 1 is 0.737 bits per heavy atom. The third-order valence-corrected chi connectivity index (χ3v) is 7.63. The minimum atomic E-state index is 0.0951. The third-order valence-electron chi connectivity index (χ3n) is 7.63. The molecule has 2 saturated heterocycles. The first-order valence-electron chi connectivity index (χ1n) is 14.6. The van der Waals surface area contributed by atoms with Crippen molar-refractivity contribution in [1.82, 2.24) is 14.7 Å². The maximum atomic E-state index is 14.1. The van der Waals surface area contributed by atoms with Gasteiger partial charge in [0.05, 0.1) is 13.7 Å². The van der Waals surface area contributed by atoms with Crippen LogP contribution in [0, 0.1) is 0 Å². The molecule has 0 bridgehead atoms. The predicted octanol–water partition coefficient (Wildman–Crippen LogP) is 5.36. The van der Waals surface area contributed by atoms with Gasteiger partial charge in [0.2, 0.25) is 0 Å². The van der Waals surface area contributed by atoms with Gasteiger partial charge in [-0.25, -0.2) is 4.79 Å². The molecule has 0 radical (unpaired) electrons. The number of anilines is 1. The molecule has 0 saturated carbocycles. The third kappa shape index (κ3) is 8.91. The Bertz CT molecular complexity index is 906. The zero-order valence-electron chi connectivity index (χ0n) is 23.2. The van der Waals surface area contributed by atoms with Crippen LogP contribution in [0.1, 0.15) is 44.9 Å². The fourth-order valence-electron chi connectivity index (χ4n) is 5.48. The van der Waals surface area contributed by atoms with E-state index in [1.807, 2.05) is 59.5 Å². The molecule has 2 fully saturated rings. The summed E-state index contributed by atoms with van der Waals surface area (Å²) in [6, 6.07) is 17.8. The first kappa shape index (κ1) is 28.2. The van der Waals surface area contributed by atoms with Crippen molar-refractivity contribution in [2.75, 3.05) is 77.5 Å². The number of para-hydroxylation sites is 1. The summed E-state index contributed by atoms with van der Waals surface area (Å²) in [7, 11) is 1.67. The van der Waals surface area contributed by atoms with E-state index in [2.05, 4.69) is 14.7 Å². The van der Waals surface area contributed by atoms with Crippen molar-refractivity contribution in [3.8, 4) is 11.5 Å². The lowest BCUT2D eigenvalue weighted by Crippen LogP contribution is -2.46. The van der Waals surface area contributed by atoms with E-state index >= 15 is 0 Å². The van der Waals surface area contributed by atoms with Gasteiger partial charge >= 0.3 is 6.03 Å². The molecule has 2 aliphatic rings. The van der Waals surface area contributed by atoms with Crippen molar-refractivity contribution in [3.63, 3.8) is 0 Å². The van der Waals surface area contributed by atoms with Gasteiger partial charge in [0, 0.05) is 25.3 Å². The number of hydrogen-bond acceptors (Lipinski definition) is 5. The second kappa shape index (κ2) is 15.6. The lowest BCUT2D eigenvalue weighted by atomic mass is 10.2. The van der Waals surface area contributed by atoms with Gasteiger partial charge in [-0.05, 0) is 121 Å². The van der Waals surface area contributed by atoms with E-state index < -0.39 is 0 Å². The molecule has 2 heterocycles. The number of carbonyl (C=O) groups is 1. The second-order valence-corrected chi connectivity index (χ2v) is 10.4. The van der Waals surface area contributed by atoms with Gasteiger partial charge in [0.1, 0.15) is 11.5 Å². The molecule has 7 nitrogen and oxygen atoms in total. The summed E-state index contributed by atoms with van der Waals surface area (Å²) in [5.74, 6) is 1.65. The van der Waals surface area contributed by atoms with Crippen molar-refractivity contribution in [3.05, 3.63) is 54.6 Å². The summed E-state index contributed by atoms with van der Waals surface area (Å²) in [6.07, 6.45) is 7.99. The molecule has 0 aliphatic carbocycles. The Labute approximate surface area is 229 Å².